The maximum atomic E-state index is 13.0. The lowest BCUT2D eigenvalue weighted by molar-refractivity contribution is -0.137. The quantitative estimate of drug-likeness (QED) is 0.515. The second-order valence-corrected chi connectivity index (χ2v) is 8.56. The Morgan fingerprint density at radius 3 is 2.31 bits per heavy atom. The van der Waals surface area contributed by atoms with Crippen molar-refractivity contribution in [3.63, 3.8) is 0 Å². The zero-order chi connectivity index (χ0) is 21.0. The molecule has 0 N–H and O–H groups in total. The van der Waals surface area contributed by atoms with Crippen molar-refractivity contribution in [3.05, 3.63) is 76.9 Å². The molecule has 1 heterocycles. The van der Waals surface area contributed by atoms with Crippen LogP contribution in [0.3, 0.4) is 0 Å². The second kappa shape index (κ2) is 9.17. The molecule has 156 valence electrons. The SMILES string of the molecule is CC(C)Cc1ccc([C@@H](C)CN2CC=C(c3cccc(C(F)(F)F)c3)CC2)cc1. The number of rotatable bonds is 6. The van der Waals surface area contributed by atoms with E-state index in [1.54, 1.807) is 6.07 Å². The number of hydrogen-bond acceptors (Lipinski definition) is 1. The molecular formula is C25H30F3N. The Morgan fingerprint density at radius 1 is 1.00 bits per heavy atom. The van der Waals surface area contributed by atoms with Crippen LogP contribution in [-0.4, -0.2) is 24.5 Å². The third-order valence-corrected chi connectivity index (χ3v) is 5.58. The van der Waals surface area contributed by atoms with Crippen molar-refractivity contribution in [2.24, 2.45) is 5.92 Å². The third-order valence-electron chi connectivity index (χ3n) is 5.58. The van der Waals surface area contributed by atoms with Crippen molar-refractivity contribution in [3.8, 4) is 0 Å². The molecule has 0 amide bonds. The van der Waals surface area contributed by atoms with E-state index < -0.39 is 11.7 Å². The standard InChI is InChI=1S/C25H30F3N/c1-18(2)15-20-7-9-21(10-8-20)19(3)17-29-13-11-22(12-14-29)23-5-4-6-24(16-23)25(26,27)28/h4-11,16,18-19H,12-15,17H2,1-3H3/t19-/m0/s1. The Hall–Kier alpha value is -2.07. The van der Waals surface area contributed by atoms with Gasteiger partial charge in [-0.2, -0.15) is 13.2 Å². The fraction of sp³-hybridized carbons (Fsp3) is 0.440. The number of hydrogen-bond donors (Lipinski definition) is 0. The molecule has 29 heavy (non-hydrogen) atoms. The van der Waals surface area contributed by atoms with E-state index >= 15 is 0 Å². The molecule has 0 spiro atoms. The van der Waals surface area contributed by atoms with Crippen molar-refractivity contribution in [2.45, 2.75) is 45.7 Å². The van der Waals surface area contributed by atoms with Crippen molar-refractivity contribution < 1.29 is 13.2 Å². The summed E-state index contributed by atoms with van der Waals surface area (Å²) in [6.07, 6.45) is -0.333. The average molecular weight is 402 g/mol. The van der Waals surface area contributed by atoms with Crippen LogP contribution in [0.5, 0.6) is 0 Å². The molecule has 2 aromatic rings. The highest BCUT2D eigenvalue weighted by Gasteiger charge is 2.30. The molecule has 0 unspecified atom stereocenters. The fourth-order valence-electron chi connectivity index (χ4n) is 3.98. The van der Waals surface area contributed by atoms with Gasteiger partial charge in [0.1, 0.15) is 0 Å². The minimum absolute atomic E-state index is 0.423. The molecule has 4 heteroatoms. The Balaban J connectivity index is 1.59. The monoisotopic (exact) mass is 401 g/mol. The molecule has 0 bridgehead atoms. The number of alkyl halides is 3. The molecule has 1 aliphatic heterocycles. The lowest BCUT2D eigenvalue weighted by Crippen LogP contribution is -2.32. The van der Waals surface area contributed by atoms with Crippen molar-refractivity contribution in [1.82, 2.24) is 4.90 Å². The lowest BCUT2D eigenvalue weighted by atomic mass is 9.94. The summed E-state index contributed by atoms with van der Waals surface area (Å²) in [5.41, 5.74) is 3.84. The maximum Gasteiger partial charge on any atom is 0.416 e. The summed E-state index contributed by atoms with van der Waals surface area (Å²) >= 11 is 0. The highest BCUT2D eigenvalue weighted by Crippen LogP contribution is 2.32. The first-order valence-electron chi connectivity index (χ1n) is 10.4. The minimum Gasteiger partial charge on any atom is -0.299 e. The van der Waals surface area contributed by atoms with E-state index in [1.807, 2.05) is 0 Å². The molecule has 1 nitrogen and oxygen atoms in total. The van der Waals surface area contributed by atoms with Gasteiger partial charge in [-0.15, -0.1) is 0 Å². The van der Waals surface area contributed by atoms with Gasteiger partial charge in [0.05, 0.1) is 5.56 Å². The molecule has 0 saturated carbocycles. The highest BCUT2D eigenvalue weighted by atomic mass is 19.4. The first-order chi connectivity index (χ1) is 13.7. The molecule has 0 fully saturated rings. The van der Waals surface area contributed by atoms with E-state index in [4.69, 9.17) is 0 Å². The Morgan fingerprint density at radius 2 is 1.72 bits per heavy atom. The topological polar surface area (TPSA) is 3.24 Å². The largest absolute Gasteiger partial charge is 0.416 e. The van der Waals surface area contributed by atoms with Crippen LogP contribution in [0.2, 0.25) is 0 Å². The zero-order valence-corrected chi connectivity index (χ0v) is 17.5. The van der Waals surface area contributed by atoms with Crippen LogP contribution in [0.4, 0.5) is 13.2 Å². The maximum absolute atomic E-state index is 13.0. The van der Waals surface area contributed by atoms with Crippen LogP contribution < -0.4 is 0 Å². The summed E-state index contributed by atoms with van der Waals surface area (Å²) in [5, 5.41) is 0. The number of benzene rings is 2. The van der Waals surface area contributed by atoms with Crippen molar-refractivity contribution in [1.29, 1.82) is 0 Å². The normalized spacial score (nSPS) is 16.7. The van der Waals surface area contributed by atoms with Gasteiger partial charge in [0.2, 0.25) is 0 Å². The van der Waals surface area contributed by atoms with Crippen LogP contribution >= 0.6 is 0 Å². The van der Waals surface area contributed by atoms with Crippen LogP contribution in [0.25, 0.3) is 5.57 Å². The molecule has 0 saturated heterocycles. The Labute approximate surface area is 172 Å². The van der Waals surface area contributed by atoms with Gasteiger partial charge in [-0.25, -0.2) is 0 Å². The van der Waals surface area contributed by atoms with Gasteiger partial charge in [-0.3, -0.25) is 4.90 Å². The molecule has 0 aliphatic carbocycles. The van der Waals surface area contributed by atoms with Crippen LogP contribution in [-0.2, 0) is 12.6 Å². The molecule has 1 aliphatic rings. The summed E-state index contributed by atoms with van der Waals surface area (Å²) in [6, 6.07) is 14.6. The van der Waals surface area contributed by atoms with Crippen molar-refractivity contribution in [2.75, 3.05) is 19.6 Å². The number of halogens is 3. The van der Waals surface area contributed by atoms with Gasteiger partial charge in [-0.05, 0) is 59.1 Å². The number of nitrogens with zero attached hydrogens (tertiary/aromatic N) is 1. The predicted octanol–water partition coefficient (Wildman–Crippen LogP) is 6.80. The lowest BCUT2D eigenvalue weighted by Gasteiger charge is -2.29. The van der Waals surface area contributed by atoms with Gasteiger partial charge >= 0.3 is 6.18 Å². The van der Waals surface area contributed by atoms with E-state index in [9.17, 15) is 13.2 Å². The summed E-state index contributed by atoms with van der Waals surface area (Å²) in [7, 11) is 0. The van der Waals surface area contributed by atoms with Gasteiger partial charge < -0.3 is 0 Å². The molecule has 0 radical (unpaired) electrons. The molecule has 1 atom stereocenters. The first-order valence-corrected chi connectivity index (χ1v) is 10.4. The highest BCUT2D eigenvalue weighted by molar-refractivity contribution is 5.67. The predicted molar refractivity (Wildman–Crippen MR) is 114 cm³/mol. The Kier molecular flexibility index (Phi) is 6.84. The van der Waals surface area contributed by atoms with E-state index in [0.29, 0.717) is 17.4 Å². The smallest absolute Gasteiger partial charge is 0.299 e. The van der Waals surface area contributed by atoms with Crippen LogP contribution in [0.1, 0.15) is 55.4 Å². The average Bonchev–Trinajstić information content (AvgIpc) is 2.68. The van der Waals surface area contributed by atoms with E-state index in [2.05, 4.69) is 56.0 Å². The third kappa shape index (κ3) is 5.96. The van der Waals surface area contributed by atoms with Gasteiger partial charge in [0.15, 0.2) is 0 Å². The molecule has 2 aromatic carbocycles. The van der Waals surface area contributed by atoms with E-state index in [-0.39, 0.29) is 0 Å². The second-order valence-electron chi connectivity index (χ2n) is 8.56. The van der Waals surface area contributed by atoms with Crippen LogP contribution in [0.15, 0.2) is 54.6 Å². The summed E-state index contributed by atoms with van der Waals surface area (Å²) in [4.78, 5) is 2.38. The van der Waals surface area contributed by atoms with E-state index in [0.717, 1.165) is 44.1 Å². The summed E-state index contributed by atoms with van der Waals surface area (Å²) < 4.78 is 38.9. The van der Waals surface area contributed by atoms with Gasteiger partial charge in [0.25, 0.3) is 0 Å². The van der Waals surface area contributed by atoms with Crippen LogP contribution in [0, 0.1) is 5.92 Å². The fourth-order valence-corrected chi connectivity index (χ4v) is 3.98. The molecule has 3 rings (SSSR count). The molecular weight excluding hydrogens is 371 g/mol. The summed E-state index contributed by atoms with van der Waals surface area (Å²) in [5.74, 6) is 1.08. The van der Waals surface area contributed by atoms with Crippen molar-refractivity contribution >= 4 is 5.57 Å². The molecule has 0 aromatic heterocycles. The first kappa shape index (κ1) is 21.6. The van der Waals surface area contributed by atoms with Gasteiger partial charge in [-0.1, -0.05) is 63.2 Å². The Bertz CT molecular complexity index is 834. The minimum atomic E-state index is -4.29. The van der Waals surface area contributed by atoms with E-state index in [1.165, 1.54) is 23.3 Å². The summed E-state index contributed by atoms with van der Waals surface area (Å²) in [6.45, 7) is 9.31. The van der Waals surface area contributed by atoms with Gasteiger partial charge in [0, 0.05) is 19.6 Å². The zero-order valence-electron chi connectivity index (χ0n) is 17.5.